The van der Waals surface area contributed by atoms with Crippen LogP contribution in [0.4, 0.5) is 5.69 Å². The van der Waals surface area contributed by atoms with Gasteiger partial charge >= 0.3 is 0 Å². The minimum Gasteiger partial charge on any atom is -0.392 e. The van der Waals surface area contributed by atoms with Crippen LogP contribution in [0.25, 0.3) is 0 Å². The first-order chi connectivity index (χ1) is 9.46. The highest BCUT2D eigenvalue weighted by Gasteiger charge is 2.18. The van der Waals surface area contributed by atoms with Crippen LogP contribution in [0.2, 0.25) is 0 Å². The van der Waals surface area contributed by atoms with Gasteiger partial charge in [0, 0.05) is 12.7 Å². The van der Waals surface area contributed by atoms with E-state index < -0.39 is 10.0 Å². The van der Waals surface area contributed by atoms with Crippen molar-refractivity contribution in [2.75, 3.05) is 4.72 Å². The summed E-state index contributed by atoms with van der Waals surface area (Å²) in [5.74, 6) is 0. The summed E-state index contributed by atoms with van der Waals surface area (Å²) in [6.07, 6.45) is 3.09. The quantitative estimate of drug-likeness (QED) is 0.875. The van der Waals surface area contributed by atoms with Crippen molar-refractivity contribution in [3.63, 3.8) is 0 Å². The van der Waals surface area contributed by atoms with Crippen LogP contribution in [-0.2, 0) is 23.2 Å². The van der Waals surface area contributed by atoms with Gasteiger partial charge < -0.3 is 5.11 Å². The maximum absolute atomic E-state index is 12.4. The van der Waals surface area contributed by atoms with E-state index in [9.17, 15) is 8.42 Å². The van der Waals surface area contributed by atoms with Gasteiger partial charge in [0.05, 0.1) is 23.4 Å². The van der Waals surface area contributed by atoms with Crippen LogP contribution in [0.15, 0.2) is 35.5 Å². The van der Waals surface area contributed by atoms with Crippen molar-refractivity contribution in [2.24, 2.45) is 0 Å². The molecule has 0 saturated carbocycles. The molecule has 1 aromatic heterocycles. The fourth-order valence-corrected chi connectivity index (χ4v) is 3.16. The normalized spacial score (nSPS) is 11.6. The van der Waals surface area contributed by atoms with Gasteiger partial charge in [-0.15, -0.1) is 0 Å². The number of aliphatic hydroxyl groups is 1. The molecule has 1 heterocycles. The number of anilines is 1. The Morgan fingerprint density at radius 3 is 2.75 bits per heavy atom. The number of aryl methyl sites for hydroxylation is 2. The highest BCUT2D eigenvalue weighted by molar-refractivity contribution is 7.92. The zero-order valence-corrected chi connectivity index (χ0v) is 12.2. The van der Waals surface area contributed by atoms with Crippen LogP contribution in [0.3, 0.4) is 0 Å². The second-order valence-electron chi connectivity index (χ2n) is 4.45. The Hall–Kier alpha value is -1.86. The van der Waals surface area contributed by atoms with Gasteiger partial charge in [0.2, 0.25) is 0 Å². The molecule has 2 N–H and O–H groups in total. The topological polar surface area (TPSA) is 84.2 Å². The summed E-state index contributed by atoms with van der Waals surface area (Å²) in [6.45, 7) is 4.10. The Morgan fingerprint density at radius 2 is 2.15 bits per heavy atom. The smallest absolute Gasteiger partial charge is 0.262 e. The van der Waals surface area contributed by atoms with Gasteiger partial charge in [-0.05, 0) is 31.0 Å². The van der Waals surface area contributed by atoms with Crippen molar-refractivity contribution in [1.82, 2.24) is 9.78 Å². The first-order valence-corrected chi connectivity index (χ1v) is 7.70. The van der Waals surface area contributed by atoms with Crippen molar-refractivity contribution in [2.45, 2.75) is 31.9 Å². The van der Waals surface area contributed by atoms with Crippen LogP contribution < -0.4 is 4.72 Å². The lowest BCUT2D eigenvalue weighted by Gasteiger charge is -2.10. The third-order valence-electron chi connectivity index (χ3n) is 2.93. The number of hydrogen-bond donors (Lipinski definition) is 2. The van der Waals surface area contributed by atoms with Crippen molar-refractivity contribution in [3.8, 4) is 0 Å². The molecule has 108 valence electrons. The van der Waals surface area contributed by atoms with Crippen molar-refractivity contribution in [3.05, 3.63) is 41.7 Å². The zero-order valence-electron chi connectivity index (χ0n) is 11.4. The van der Waals surface area contributed by atoms with Crippen LogP contribution in [-0.4, -0.2) is 23.3 Å². The third-order valence-corrected chi connectivity index (χ3v) is 4.46. The molecule has 0 atom stereocenters. The number of aliphatic hydroxyl groups excluding tert-OH is 1. The summed E-state index contributed by atoms with van der Waals surface area (Å²) in [6, 6.07) is 4.85. The molecule has 6 nitrogen and oxygen atoms in total. The molecule has 0 spiro atoms. The fraction of sp³-hybridized carbons (Fsp3) is 0.308. The second kappa shape index (κ2) is 5.64. The summed E-state index contributed by atoms with van der Waals surface area (Å²) in [5, 5.41) is 13.1. The van der Waals surface area contributed by atoms with Crippen LogP contribution in [0.5, 0.6) is 0 Å². The Bertz CT molecular complexity index is 707. The average molecular weight is 295 g/mol. The molecule has 0 aliphatic heterocycles. The molecule has 20 heavy (non-hydrogen) atoms. The van der Waals surface area contributed by atoms with E-state index in [1.54, 1.807) is 29.9 Å². The predicted molar refractivity (Wildman–Crippen MR) is 75.8 cm³/mol. The Labute approximate surface area is 118 Å². The van der Waals surface area contributed by atoms with Gasteiger partial charge in [0.15, 0.2) is 0 Å². The Kier molecular flexibility index (Phi) is 4.10. The molecule has 0 unspecified atom stereocenters. The molecule has 2 rings (SSSR count). The standard InChI is InChI=1S/C13H17N3O3S/c1-3-16-8-12(7-14-16)15-20(18,19)13-6-11(9-17)5-4-10(13)2/h4-8,15,17H,3,9H2,1-2H3. The molecule has 0 fully saturated rings. The Balaban J connectivity index is 2.34. The van der Waals surface area contributed by atoms with Gasteiger partial charge in [0.1, 0.15) is 0 Å². The van der Waals surface area contributed by atoms with Crippen molar-refractivity contribution in [1.29, 1.82) is 0 Å². The molecule has 7 heteroatoms. The Morgan fingerprint density at radius 1 is 1.40 bits per heavy atom. The van der Waals surface area contributed by atoms with E-state index in [0.717, 1.165) is 0 Å². The number of nitrogens with one attached hydrogen (secondary N) is 1. The zero-order chi connectivity index (χ0) is 14.8. The van der Waals surface area contributed by atoms with Gasteiger partial charge in [-0.3, -0.25) is 9.40 Å². The molecule has 0 radical (unpaired) electrons. The van der Waals surface area contributed by atoms with E-state index in [4.69, 9.17) is 5.11 Å². The van der Waals surface area contributed by atoms with E-state index in [1.165, 1.54) is 12.3 Å². The van der Waals surface area contributed by atoms with E-state index >= 15 is 0 Å². The third kappa shape index (κ3) is 3.00. The minimum absolute atomic E-state index is 0.160. The molecular weight excluding hydrogens is 278 g/mol. The molecule has 0 saturated heterocycles. The van der Waals surface area contributed by atoms with E-state index in [0.29, 0.717) is 23.4 Å². The van der Waals surface area contributed by atoms with Gasteiger partial charge in [-0.25, -0.2) is 8.42 Å². The first kappa shape index (κ1) is 14.5. The van der Waals surface area contributed by atoms with Crippen LogP contribution >= 0.6 is 0 Å². The van der Waals surface area contributed by atoms with Gasteiger partial charge in [-0.2, -0.15) is 5.10 Å². The van der Waals surface area contributed by atoms with Crippen LogP contribution in [0.1, 0.15) is 18.1 Å². The van der Waals surface area contributed by atoms with Crippen molar-refractivity contribution < 1.29 is 13.5 Å². The number of benzene rings is 1. The summed E-state index contributed by atoms with van der Waals surface area (Å²) >= 11 is 0. The molecule has 0 bridgehead atoms. The number of rotatable bonds is 5. The maximum Gasteiger partial charge on any atom is 0.262 e. The molecule has 0 amide bonds. The summed E-state index contributed by atoms with van der Waals surface area (Å²) < 4.78 is 28.8. The average Bonchev–Trinajstić information content (AvgIpc) is 2.86. The number of sulfonamides is 1. The number of aromatic nitrogens is 2. The highest BCUT2D eigenvalue weighted by atomic mass is 32.2. The lowest BCUT2D eigenvalue weighted by molar-refractivity contribution is 0.281. The molecule has 1 aromatic carbocycles. The first-order valence-electron chi connectivity index (χ1n) is 6.22. The summed E-state index contributed by atoms with van der Waals surface area (Å²) in [7, 11) is -3.69. The number of nitrogens with zero attached hydrogens (tertiary/aromatic N) is 2. The van der Waals surface area contributed by atoms with Crippen molar-refractivity contribution >= 4 is 15.7 Å². The van der Waals surface area contributed by atoms with Gasteiger partial charge in [-0.1, -0.05) is 12.1 Å². The van der Waals surface area contributed by atoms with E-state index in [1.807, 2.05) is 6.92 Å². The lowest BCUT2D eigenvalue weighted by Crippen LogP contribution is -2.14. The maximum atomic E-state index is 12.4. The molecule has 0 aliphatic carbocycles. The lowest BCUT2D eigenvalue weighted by atomic mass is 10.2. The SMILES string of the molecule is CCn1cc(NS(=O)(=O)c2cc(CO)ccc2C)cn1. The number of hydrogen-bond acceptors (Lipinski definition) is 4. The summed E-state index contributed by atoms with van der Waals surface area (Å²) in [5.41, 5.74) is 1.60. The van der Waals surface area contributed by atoms with E-state index in [2.05, 4.69) is 9.82 Å². The fourth-order valence-electron chi connectivity index (χ4n) is 1.83. The molecular formula is C13H17N3O3S. The predicted octanol–water partition coefficient (Wildman–Crippen LogP) is 1.50. The monoisotopic (exact) mass is 295 g/mol. The largest absolute Gasteiger partial charge is 0.392 e. The minimum atomic E-state index is -3.69. The van der Waals surface area contributed by atoms with Gasteiger partial charge in [0.25, 0.3) is 10.0 Å². The summed E-state index contributed by atoms with van der Waals surface area (Å²) in [4.78, 5) is 0.160. The molecule has 0 aliphatic rings. The molecule has 2 aromatic rings. The second-order valence-corrected chi connectivity index (χ2v) is 6.10. The highest BCUT2D eigenvalue weighted by Crippen LogP contribution is 2.20. The van der Waals surface area contributed by atoms with E-state index in [-0.39, 0.29) is 11.5 Å². The van der Waals surface area contributed by atoms with Crippen LogP contribution in [0, 0.1) is 6.92 Å².